The van der Waals surface area contributed by atoms with Crippen molar-refractivity contribution >= 4 is 0 Å². The van der Waals surface area contributed by atoms with Crippen LogP contribution in [0, 0.1) is 46.3 Å². The van der Waals surface area contributed by atoms with Gasteiger partial charge < -0.3 is 5.32 Å². The molecular weight excluding hydrogens is 278 g/mol. The van der Waals surface area contributed by atoms with Crippen molar-refractivity contribution in [2.75, 3.05) is 13.1 Å². The molecule has 0 aromatic heterocycles. The lowest BCUT2D eigenvalue weighted by Crippen LogP contribution is -2.32. The maximum absolute atomic E-state index is 3.53. The summed E-state index contributed by atoms with van der Waals surface area (Å²) >= 11 is 0. The van der Waals surface area contributed by atoms with Gasteiger partial charge in [0.2, 0.25) is 0 Å². The van der Waals surface area contributed by atoms with Gasteiger partial charge in [0, 0.05) is 0 Å². The maximum atomic E-state index is 3.53. The van der Waals surface area contributed by atoms with Gasteiger partial charge in [0.1, 0.15) is 0 Å². The Bertz CT molecular complexity index is 399. The van der Waals surface area contributed by atoms with Crippen molar-refractivity contribution in [2.24, 2.45) is 46.3 Å². The average Bonchev–Trinajstić information content (AvgIpc) is 3.01. The van der Waals surface area contributed by atoms with Gasteiger partial charge in [0.15, 0.2) is 0 Å². The van der Waals surface area contributed by atoms with Gasteiger partial charge in [0.05, 0.1) is 0 Å². The van der Waals surface area contributed by atoms with Gasteiger partial charge in [-0.2, -0.15) is 0 Å². The summed E-state index contributed by atoms with van der Waals surface area (Å²) in [6.45, 7) is 17.0. The lowest BCUT2D eigenvalue weighted by atomic mass is 9.65. The van der Waals surface area contributed by atoms with Crippen LogP contribution < -0.4 is 5.32 Å². The summed E-state index contributed by atoms with van der Waals surface area (Å²) in [6, 6.07) is 0. The van der Waals surface area contributed by atoms with Gasteiger partial charge >= 0.3 is 0 Å². The highest BCUT2D eigenvalue weighted by atomic mass is 14.9. The minimum absolute atomic E-state index is 0.533. The normalized spacial score (nSPS) is 42.5. The largest absolute Gasteiger partial charge is 0.316 e. The van der Waals surface area contributed by atoms with Crippen LogP contribution in [0.3, 0.4) is 0 Å². The molecule has 4 aliphatic rings. The van der Waals surface area contributed by atoms with Gasteiger partial charge in [0.25, 0.3) is 0 Å². The number of fused-ring (bicyclic) bond motifs is 2. The van der Waals surface area contributed by atoms with Crippen LogP contribution in [0.1, 0.15) is 80.1 Å². The van der Waals surface area contributed by atoms with Crippen molar-refractivity contribution < 1.29 is 0 Å². The van der Waals surface area contributed by atoms with Crippen LogP contribution in [0.25, 0.3) is 0 Å². The fourth-order valence-corrected chi connectivity index (χ4v) is 6.39. The van der Waals surface area contributed by atoms with Gasteiger partial charge in [-0.05, 0) is 98.0 Å². The van der Waals surface area contributed by atoms with Crippen molar-refractivity contribution in [3.8, 4) is 0 Å². The topological polar surface area (TPSA) is 12.0 Å². The van der Waals surface area contributed by atoms with E-state index in [1.165, 1.54) is 51.6 Å². The summed E-state index contributed by atoms with van der Waals surface area (Å²) in [7, 11) is 0. The molecule has 1 heterocycles. The van der Waals surface area contributed by atoms with E-state index in [2.05, 4.69) is 46.9 Å². The molecule has 0 aromatic rings. The molecule has 0 bridgehead atoms. The Balaban J connectivity index is 0.000000136. The number of nitrogens with one attached hydrogen (secondary N) is 1. The third-order valence-corrected chi connectivity index (χ3v) is 7.82. The molecule has 6 unspecified atom stereocenters. The molecule has 1 nitrogen and oxygen atoms in total. The maximum Gasteiger partial charge on any atom is -0.00144 e. The standard InChI is InChI=1S/C11H21N.C11H20/c1-11(2,3)10-5-4-8-6-12-7-9(8)10;1-11(2,3)10-7-5-8-4-6-9(8)10/h8-10,12H,4-7H2,1-3H3;8-10H,4-7H2,1-3H3. The van der Waals surface area contributed by atoms with Crippen molar-refractivity contribution in [3.05, 3.63) is 0 Å². The minimum atomic E-state index is 0.533. The molecule has 0 amide bonds. The van der Waals surface area contributed by atoms with Crippen LogP contribution in [-0.4, -0.2) is 13.1 Å². The molecule has 3 aliphatic carbocycles. The molecule has 0 aromatic carbocycles. The molecule has 1 N–H and O–H groups in total. The molecule has 4 fully saturated rings. The zero-order valence-corrected chi connectivity index (χ0v) is 16.6. The SMILES string of the molecule is CC(C)(C)C1CCC2CCC21.CC(C)(C)C1CCC2CNCC21. The Morgan fingerprint density at radius 1 is 0.565 bits per heavy atom. The van der Waals surface area contributed by atoms with E-state index in [4.69, 9.17) is 0 Å². The number of rotatable bonds is 0. The van der Waals surface area contributed by atoms with Crippen molar-refractivity contribution in [1.29, 1.82) is 0 Å². The monoisotopic (exact) mass is 319 g/mol. The molecular formula is C22H41N. The molecule has 0 radical (unpaired) electrons. The Labute approximate surface area is 145 Å². The third kappa shape index (κ3) is 3.65. The molecule has 0 spiro atoms. The quantitative estimate of drug-likeness (QED) is 0.599. The van der Waals surface area contributed by atoms with Crippen molar-refractivity contribution in [1.82, 2.24) is 5.32 Å². The van der Waals surface area contributed by atoms with Crippen LogP contribution >= 0.6 is 0 Å². The van der Waals surface area contributed by atoms with Gasteiger partial charge in [-0.1, -0.05) is 41.5 Å². The highest BCUT2D eigenvalue weighted by molar-refractivity contribution is 4.97. The lowest BCUT2D eigenvalue weighted by Gasteiger charge is -2.40. The summed E-state index contributed by atoms with van der Waals surface area (Å²) in [6.07, 6.45) is 9.06. The molecule has 1 saturated heterocycles. The second-order valence-electron chi connectivity index (χ2n) is 11.2. The van der Waals surface area contributed by atoms with Crippen LogP contribution in [0.4, 0.5) is 0 Å². The van der Waals surface area contributed by atoms with Crippen LogP contribution in [0.2, 0.25) is 0 Å². The molecule has 1 heteroatoms. The van der Waals surface area contributed by atoms with Gasteiger partial charge in [-0.3, -0.25) is 0 Å². The zero-order chi connectivity index (χ0) is 16.8. The summed E-state index contributed by atoms with van der Waals surface area (Å²) in [4.78, 5) is 0. The fourth-order valence-electron chi connectivity index (χ4n) is 6.39. The van der Waals surface area contributed by atoms with E-state index in [-0.39, 0.29) is 0 Å². The van der Waals surface area contributed by atoms with Crippen LogP contribution in [0.15, 0.2) is 0 Å². The second-order valence-corrected chi connectivity index (χ2v) is 11.2. The van der Waals surface area contributed by atoms with E-state index >= 15 is 0 Å². The fraction of sp³-hybridized carbons (Fsp3) is 1.00. The van der Waals surface area contributed by atoms with Crippen molar-refractivity contribution in [3.63, 3.8) is 0 Å². The first-order valence-corrected chi connectivity index (χ1v) is 10.4. The highest BCUT2D eigenvalue weighted by Gasteiger charge is 2.46. The minimum Gasteiger partial charge on any atom is -0.316 e. The smallest absolute Gasteiger partial charge is 0.00144 e. The first kappa shape index (κ1) is 17.8. The average molecular weight is 320 g/mol. The molecule has 23 heavy (non-hydrogen) atoms. The Morgan fingerprint density at radius 3 is 1.52 bits per heavy atom. The van der Waals surface area contributed by atoms with Gasteiger partial charge in [-0.15, -0.1) is 0 Å². The Morgan fingerprint density at radius 2 is 1.09 bits per heavy atom. The van der Waals surface area contributed by atoms with Crippen LogP contribution in [0.5, 0.6) is 0 Å². The first-order valence-electron chi connectivity index (χ1n) is 10.4. The Hall–Kier alpha value is -0.0400. The highest BCUT2D eigenvalue weighted by Crippen LogP contribution is 2.55. The zero-order valence-electron chi connectivity index (χ0n) is 16.6. The van der Waals surface area contributed by atoms with E-state index < -0.39 is 0 Å². The van der Waals surface area contributed by atoms with E-state index in [1.54, 1.807) is 0 Å². The molecule has 134 valence electrons. The summed E-state index contributed by atoms with van der Waals surface area (Å²) in [5, 5.41) is 3.53. The molecule has 3 saturated carbocycles. The van der Waals surface area contributed by atoms with Crippen molar-refractivity contribution in [2.45, 2.75) is 80.1 Å². The number of hydrogen-bond donors (Lipinski definition) is 1. The summed E-state index contributed by atoms with van der Waals surface area (Å²) in [5.74, 6) is 6.27. The summed E-state index contributed by atoms with van der Waals surface area (Å²) in [5.41, 5.74) is 1.12. The Kier molecular flexibility index (Phi) is 4.91. The molecule has 1 aliphatic heterocycles. The summed E-state index contributed by atoms with van der Waals surface area (Å²) < 4.78 is 0. The van der Waals surface area contributed by atoms with E-state index in [0.717, 1.165) is 35.5 Å². The predicted octanol–water partition coefficient (Wildman–Crippen LogP) is 5.75. The molecule has 4 rings (SSSR count). The second kappa shape index (κ2) is 6.36. The predicted molar refractivity (Wildman–Crippen MR) is 100 cm³/mol. The first-order chi connectivity index (χ1) is 10.7. The van der Waals surface area contributed by atoms with Gasteiger partial charge in [-0.25, -0.2) is 0 Å². The van der Waals surface area contributed by atoms with Crippen LogP contribution in [-0.2, 0) is 0 Å². The van der Waals surface area contributed by atoms with E-state index in [9.17, 15) is 0 Å². The third-order valence-electron chi connectivity index (χ3n) is 7.82. The van der Waals surface area contributed by atoms with E-state index in [0.29, 0.717) is 10.8 Å². The molecule has 6 atom stereocenters. The lowest BCUT2D eigenvalue weighted by molar-refractivity contribution is 0.0966. The number of hydrogen-bond acceptors (Lipinski definition) is 1. The van der Waals surface area contributed by atoms with E-state index in [1.807, 2.05) is 0 Å².